The van der Waals surface area contributed by atoms with Gasteiger partial charge in [0.1, 0.15) is 12.1 Å². The molecule has 148 valence electrons. The highest BCUT2D eigenvalue weighted by atomic mass is 32.2. The molecule has 0 amide bonds. The van der Waals surface area contributed by atoms with Crippen LogP contribution in [0.4, 0.5) is 5.82 Å². The number of nitrogens with one attached hydrogen (secondary N) is 2. The number of para-hydroxylation sites is 1. The largest absolute Gasteiger partial charge is 0.370 e. The van der Waals surface area contributed by atoms with Gasteiger partial charge in [-0.15, -0.1) is 0 Å². The fraction of sp³-hybridized carbons (Fsp3) is 0.250. The molecule has 8 nitrogen and oxygen atoms in total. The van der Waals surface area contributed by atoms with E-state index in [1.165, 1.54) is 18.1 Å². The normalized spacial score (nSPS) is 11.1. The summed E-state index contributed by atoms with van der Waals surface area (Å²) in [5.41, 5.74) is 3.28. The Labute approximate surface area is 172 Å². The predicted octanol–water partition coefficient (Wildman–Crippen LogP) is 3.56. The lowest BCUT2D eigenvalue weighted by Crippen LogP contribution is -2.07. The van der Waals surface area contributed by atoms with Gasteiger partial charge in [0.05, 0.1) is 11.3 Å². The van der Waals surface area contributed by atoms with Crippen LogP contribution in [0.1, 0.15) is 28.7 Å². The van der Waals surface area contributed by atoms with E-state index in [-0.39, 0.29) is 11.5 Å². The van der Waals surface area contributed by atoms with Crippen molar-refractivity contribution in [1.82, 2.24) is 29.7 Å². The second-order valence-electron chi connectivity index (χ2n) is 6.54. The minimum atomic E-state index is 0.0237. The molecule has 0 radical (unpaired) electrons. The van der Waals surface area contributed by atoms with Gasteiger partial charge in [-0.25, -0.2) is 15.1 Å². The average Bonchev–Trinajstić information content (AvgIpc) is 3.34. The summed E-state index contributed by atoms with van der Waals surface area (Å²) in [5, 5.41) is 11.6. The Bertz CT molecular complexity index is 1170. The van der Waals surface area contributed by atoms with Crippen molar-refractivity contribution < 1.29 is 4.79 Å². The summed E-state index contributed by atoms with van der Waals surface area (Å²) in [6.45, 7) is 6.63. The highest BCUT2D eigenvalue weighted by Gasteiger charge is 2.19. The molecular weight excluding hydrogens is 386 g/mol. The third-order valence-corrected chi connectivity index (χ3v) is 5.45. The highest BCUT2D eigenvalue weighted by Crippen LogP contribution is 2.26. The summed E-state index contributed by atoms with van der Waals surface area (Å²) >= 11 is 1.34. The Hall–Kier alpha value is -3.20. The fourth-order valence-electron chi connectivity index (χ4n) is 3.31. The van der Waals surface area contributed by atoms with Crippen LogP contribution in [-0.4, -0.2) is 47.8 Å². The number of aryl methyl sites for hydroxylation is 1. The summed E-state index contributed by atoms with van der Waals surface area (Å²) in [6, 6.07) is 9.74. The zero-order chi connectivity index (χ0) is 20.4. The maximum atomic E-state index is 12.9. The summed E-state index contributed by atoms with van der Waals surface area (Å²) in [6.07, 6.45) is 1.45. The quantitative estimate of drug-likeness (QED) is 0.274. The molecule has 0 atom stereocenters. The molecule has 0 bridgehead atoms. The molecule has 1 aromatic carbocycles. The first-order valence-electron chi connectivity index (χ1n) is 9.29. The van der Waals surface area contributed by atoms with Gasteiger partial charge in [0.2, 0.25) is 5.95 Å². The van der Waals surface area contributed by atoms with Crippen LogP contribution in [0.15, 0.2) is 41.8 Å². The first kappa shape index (κ1) is 19.1. The second-order valence-corrected chi connectivity index (χ2v) is 7.49. The predicted molar refractivity (Wildman–Crippen MR) is 114 cm³/mol. The van der Waals surface area contributed by atoms with Gasteiger partial charge in [-0.3, -0.25) is 9.36 Å². The Balaban J connectivity index is 1.57. The van der Waals surface area contributed by atoms with E-state index in [0.717, 1.165) is 34.7 Å². The molecule has 2 N–H and O–H groups in total. The fourth-order valence-corrected chi connectivity index (χ4v) is 4.04. The number of thioether (sulfide) groups is 1. The molecule has 0 unspecified atom stereocenters. The Morgan fingerprint density at radius 1 is 1.24 bits per heavy atom. The van der Waals surface area contributed by atoms with Crippen LogP contribution in [0.5, 0.6) is 0 Å². The van der Waals surface area contributed by atoms with Gasteiger partial charge in [-0.1, -0.05) is 23.9 Å². The second kappa shape index (κ2) is 8.04. The van der Waals surface area contributed by atoms with Gasteiger partial charge in [-0.05, 0) is 39.0 Å². The van der Waals surface area contributed by atoms with Gasteiger partial charge in [0, 0.05) is 28.9 Å². The number of aromatic amines is 1. The number of Topliss-reactive ketones (excluding diaryl/α,β-unsaturated/α-hetero) is 1. The lowest BCUT2D eigenvalue weighted by Gasteiger charge is -2.09. The third kappa shape index (κ3) is 3.73. The van der Waals surface area contributed by atoms with Gasteiger partial charge in [0.15, 0.2) is 10.9 Å². The SMILES string of the molecule is CCNc1nc(SCC(=O)c2cc(C)n(-c3ncn[nH]3)c2C)nc2ccccc12. The van der Waals surface area contributed by atoms with E-state index < -0.39 is 0 Å². The zero-order valence-electron chi connectivity index (χ0n) is 16.4. The van der Waals surface area contributed by atoms with E-state index in [2.05, 4.69) is 30.5 Å². The molecule has 4 rings (SSSR count). The van der Waals surface area contributed by atoms with Crippen molar-refractivity contribution >= 4 is 34.3 Å². The zero-order valence-corrected chi connectivity index (χ0v) is 17.2. The smallest absolute Gasteiger partial charge is 0.229 e. The maximum Gasteiger partial charge on any atom is 0.229 e. The maximum absolute atomic E-state index is 12.9. The summed E-state index contributed by atoms with van der Waals surface area (Å²) in [5.74, 6) is 1.66. The van der Waals surface area contributed by atoms with E-state index in [1.807, 2.05) is 55.7 Å². The van der Waals surface area contributed by atoms with Gasteiger partial charge in [0.25, 0.3) is 0 Å². The molecule has 9 heteroatoms. The molecule has 0 saturated carbocycles. The van der Waals surface area contributed by atoms with Crippen molar-refractivity contribution in [2.75, 3.05) is 17.6 Å². The molecular formula is C20H21N7OS. The molecule has 4 aromatic rings. The molecule has 3 heterocycles. The molecule has 0 aliphatic carbocycles. The van der Waals surface area contributed by atoms with Crippen molar-refractivity contribution in [1.29, 1.82) is 0 Å². The third-order valence-electron chi connectivity index (χ3n) is 4.60. The highest BCUT2D eigenvalue weighted by molar-refractivity contribution is 7.99. The molecule has 0 fully saturated rings. The van der Waals surface area contributed by atoms with Gasteiger partial charge >= 0.3 is 0 Å². The molecule has 0 aliphatic heterocycles. The molecule has 29 heavy (non-hydrogen) atoms. The molecule has 0 saturated heterocycles. The van der Waals surface area contributed by atoms with Crippen LogP contribution in [0.3, 0.4) is 0 Å². The molecule has 0 spiro atoms. The summed E-state index contributed by atoms with van der Waals surface area (Å²) in [7, 11) is 0. The number of anilines is 1. The number of fused-ring (bicyclic) bond motifs is 1. The first-order chi connectivity index (χ1) is 14.1. The number of rotatable bonds is 7. The van der Waals surface area contributed by atoms with Crippen molar-refractivity contribution in [3.63, 3.8) is 0 Å². The van der Waals surface area contributed by atoms with E-state index in [4.69, 9.17) is 0 Å². The van der Waals surface area contributed by atoms with Crippen LogP contribution in [-0.2, 0) is 0 Å². The van der Waals surface area contributed by atoms with Crippen LogP contribution in [0.2, 0.25) is 0 Å². The van der Waals surface area contributed by atoms with Crippen LogP contribution >= 0.6 is 11.8 Å². The Morgan fingerprint density at radius 3 is 2.83 bits per heavy atom. The number of benzene rings is 1. The van der Waals surface area contributed by atoms with Crippen LogP contribution in [0.25, 0.3) is 16.9 Å². The number of H-pyrrole nitrogens is 1. The Morgan fingerprint density at radius 2 is 2.07 bits per heavy atom. The minimum Gasteiger partial charge on any atom is -0.370 e. The van der Waals surface area contributed by atoms with E-state index in [9.17, 15) is 4.79 Å². The lowest BCUT2D eigenvalue weighted by molar-refractivity contribution is 0.102. The van der Waals surface area contributed by atoms with Gasteiger partial charge in [-0.2, -0.15) is 10.1 Å². The lowest BCUT2D eigenvalue weighted by atomic mass is 10.2. The number of nitrogens with zero attached hydrogens (tertiary/aromatic N) is 5. The Kier molecular flexibility index (Phi) is 5.30. The van der Waals surface area contributed by atoms with E-state index in [0.29, 0.717) is 16.7 Å². The molecule has 0 aliphatic rings. The van der Waals surface area contributed by atoms with Gasteiger partial charge < -0.3 is 5.32 Å². The topological polar surface area (TPSA) is 101 Å². The summed E-state index contributed by atoms with van der Waals surface area (Å²) in [4.78, 5) is 26.3. The standard InChI is InChI=1S/C20H21N7OS/c1-4-21-18-14-7-5-6-8-16(14)24-20(25-18)29-10-17(28)15-9-12(2)27(13(15)3)19-22-11-23-26-19/h5-9,11H,4,10H2,1-3H3,(H,21,24,25)(H,22,23,26). The van der Waals surface area contributed by atoms with Crippen molar-refractivity contribution in [2.45, 2.75) is 25.9 Å². The minimum absolute atomic E-state index is 0.0237. The number of carbonyl (C=O) groups excluding carboxylic acids is 1. The van der Waals surface area contributed by atoms with Crippen molar-refractivity contribution in [3.05, 3.63) is 53.6 Å². The van der Waals surface area contributed by atoms with E-state index in [1.54, 1.807) is 0 Å². The van der Waals surface area contributed by atoms with Crippen molar-refractivity contribution in [2.24, 2.45) is 0 Å². The molecule has 3 aromatic heterocycles. The van der Waals surface area contributed by atoms with E-state index >= 15 is 0 Å². The van der Waals surface area contributed by atoms with Crippen molar-refractivity contribution in [3.8, 4) is 5.95 Å². The summed E-state index contributed by atoms with van der Waals surface area (Å²) < 4.78 is 1.89. The number of hydrogen-bond donors (Lipinski definition) is 2. The number of ketones is 1. The number of carbonyl (C=O) groups is 1. The first-order valence-corrected chi connectivity index (χ1v) is 10.3. The number of hydrogen-bond acceptors (Lipinski definition) is 7. The van der Waals surface area contributed by atoms with Crippen LogP contribution in [0, 0.1) is 13.8 Å². The average molecular weight is 408 g/mol. The van der Waals surface area contributed by atoms with Crippen LogP contribution < -0.4 is 5.32 Å². The number of aromatic nitrogens is 6. The monoisotopic (exact) mass is 407 g/mol.